The van der Waals surface area contributed by atoms with Gasteiger partial charge in [0.05, 0.1) is 7.11 Å². The predicted octanol–water partition coefficient (Wildman–Crippen LogP) is 0.490. The van der Waals surface area contributed by atoms with Gasteiger partial charge in [-0.1, -0.05) is 5.16 Å². The molecule has 0 spiro atoms. The summed E-state index contributed by atoms with van der Waals surface area (Å²) in [5.41, 5.74) is 6.90. The van der Waals surface area contributed by atoms with Crippen molar-refractivity contribution >= 4 is 15.7 Å². The Morgan fingerprint density at radius 2 is 2.19 bits per heavy atom. The second kappa shape index (κ2) is 6.10. The number of aromatic nitrogens is 2. The van der Waals surface area contributed by atoms with Crippen molar-refractivity contribution < 1.29 is 17.7 Å². The van der Waals surface area contributed by atoms with Gasteiger partial charge < -0.3 is 15.0 Å². The fourth-order valence-corrected chi connectivity index (χ4v) is 2.94. The highest BCUT2D eigenvalue weighted by atomic mass is 32.2. The fourth-order valence-electron chi connectivity index (χ4n) is 1.72. The summed E-state index contributed by atoms with van der Waals surface area (Å²) in [5.74, 6) is 0.597. The first-order valence-corrected chi connectivity index (χ1v) is 7.61. The van der Waals surface area contributed by atoms with Gasteiger partial charge in [0, 0.05) is 18.7 Å². The summed E-state index contributed by atoms with van der Waals surface area (Å²) in [6, 6.07) is 2.96. The monoisotopic (exact) mass is 312 g/mol. The number of ether oxygens (including phenoxy) is 1. The highest BCUT2D eigenvalue weighted by Crippen LogP contribution is 2.28. The van der Waals surface area contributed by atoms with Crippen LogP contribution in [0.25, 0.3) is 0 Å². The number of anilines is 1. The lowest BCUT2D eigenvalue weighted by atomic mass is 10.2. The van der Waals surface area contributed by atoms with E-state index in [1.54, 1.807) is 13.0 Å². The molecule has 0 radical (unpaired) electrons. The Kier molecular flexibility index (Phi) is 4.43. The van der Waals surface area contributed by atoms with E-state index in [0.29, 0.717) is 18.0 Å². The molecule has 0 amide bonds. The summed E-state index contributed by atoms with van der Waals surface area (Å²) in [4.78, 5) is 3.81. The molecule has 0 aliphatic heterocycles. The minimum atomic E-state index is -3.74. The van der Waals surface area contributed by atoms with E-state index in [1.165, 1.54) is 19.5 Å². The van der Waals surface area contributed by atoms with Crippen molar-refractivity contribution in [3.63, 3.8) is 0 Å². The Morgan fingerprint density at radius 3 is 2.81 bits per heavy atom. The number of benzene rings is 1. The van der Waals surface area contributed by atoms with Crippen molar-refractivity contribution in [1.29, 1.82) is 0 Å². The molecule has 3 N–H and O–H groups in total. The maximum atomic E-state index is 12.3. The number of nitrogens with zero attached hydrogens (tertiary/aromatic N) is 2. The topological polar surface area (TPSA) is 120 Å². The molecule has 0 atom stereocenters. The molecule has 21 heavy (non-hydrogen) atoms. The second-order valence-corrected chi connectivity index (χ2v) is 6.08. The van der Waals surface area contributed by atoms with Gasteiger partial charge in [-0.3, -0.25) is 0 Å². The van der Waals surface area contributed by atoms with E-state index in [1.807, 2.05) is 0 Å². The Labute approximate surface area is 122 Å². The largest absolute Gasteiger partial charge is 0.495 e. The van der Waals surface area contributed by atoms with Crippen LogP contribution in [0, 0.1) is 6.92 Å². The van der Waals surface area contributed by atoms with Crippen LogP contribution in [0.5, 0.6) is 5.75 Å². The Bertz CT molecular complexity index is 713. The summed E-state index contributed by atoms with van der Waals surface area (Å²) in [7, 11) is -2.34. The zero-order chi connectivity index (χ0) is 15.5. The van der Waals surface area contributed by atoms with Gasteiger partial charge in [0.1, 0.15) is 10.6 Å². The fraction of sp³-hybridized carbons (Fsp3) is 0.333. The summed E-state index contributed by atoms with van der Waals surface area (Å²) in [6.45, 7) is 1.90. The van der Waals surface area contributed by atoms with Crippen LogP contribution in [0.2, 0.25) is 0 Å². The van der Waals surface area contributed by atoms with Crippen LogP contribution in [0.1, 0.15) is 11.5 Å². The molecule has 0 saturated heterocycles. The maximum absolute atomic E-state index is 12.3. The molecule has 1 heterocycles. The van der Waals surface area contributed by atoms with Crippen molar-refractivity contribution in [1.82, 2.24) is 14.9 Å². The third-order valence-electron chi connectivity index (χ3n) is 2.88. The van der Waals surface area contributed by atoms with Gasteiger partial charge in [-0.25, -0.2) is 13.1 Å². The number of sulfonamides is 1. The minimum Gasteiger partial charge on any atom is -0.495 e. The molecule has 0 bridgehead atoms. The highest BCUT2D eigenvalue weighted by Gasteiger charge is 2.20. The van der Waals surface area contributed by atoms with Gasteiger partial charge in [-0.15, -0.1) is 0 Å². The summed E-state index contributed by atoms with van der Waals surface area (Å²) in [6.07, 6.45) is 1.55. The van der Waals surface area contributed by atoms with Crippen molar-refractivity contribution in [2.45, 2.75) is 18.2 Å². The third-order valence-corrected chi connectivity index (χ3v) is 4.36. The van der Waals surface area contributed by atoms with Crippen LogP contribution in [0.3, 0.4) is 0 Å². The van der Waals surface area contributed by atoms with Crippen LogP contribution in [0.4, 0.5) is 5.69 Å². The zero-order valence-corrected chi connectivity index (χ0v) is 12.5. The van der Waals surface area contributed by atoms with E-state index in [9.17, 15) is 8.42 Å². The molecule has 2 aromatic rings. The SMILES string of the molecule is COc1cc(C)c(N)cc1S(=O)(=O)NCCc1ncno1. The maximum Gasteiger partial charge on any atom is 0.244 e. The number of nitrogen functional groups attached to an aromatic ring is 1. The standard InChI is InChI=1S/C12H16N4O4S/c1-8-5-10(19-2)11(6-9(8)13)21(17,18)16-4-3-12-14-7-15-20-12/h5-7,16H,3-4,13H2,1-2H3. The average Bonchev–Trinajstić information content (AvgIpc) is 2.94. The van der Waals surface area contributed by atoms with Crippen molar-refractivity contribution in [3.05, 3.63) is 29.9 Å². The van der Waals surface area contributed by atoms with Gasteiger partial charge in [0.15, 0.2) is 6.33 Å². The first-order valence-electron chi connectivity index (χ1n) is 6.13. The van der Waals surface area contributed by atoms with Gasteiger partial charge in [0.2, 0.25) is 15.9 Å². The molecule has 0 unspecified atom stereocenters. The van der Waals surface area contributed by atoms with Gasteiger partial charge in [0.25, 0.3) is 0 Å². The number of methoxy groups -OCH3 is 1. The predicted molar refractivity (Wildman–Crippen MR) is 75.3 cm³/mol. The Morgan fingerprint density at radius 1 is 1.43 bits per heavy atom. The number of rotatable bonds is 6. The quantitative estimate of drug-likeness (QED) is 0.745. The van der Waals surface area contributed by atoms with Crippen molar-refractivity contribution in [2.24, 2.45) is 0 Å². The molecule has 8 nitrogen and oxygen atoms in total. The zero-order valence-electron chi connectivity index (χ0n) is 11.7. The first kappa shape index (κ1) is 15.3. The van der Waals surface area contributed by atoms with E-state index >= 15 is 0 Å². The van der Waals surface area contributed by atoms with E-state index in [-0.39, 0.29) is 17.2 Å². The highest BCUT2D eigenvalue weighted by molar-refractivity contribution is 7.89. The molecule has 2 rings (SSSR count). The molecular formula is C12H16N4O4S. The molecule has 0 aliphatic carbocycles. The molecule has 0 aliphatic rings. The summed E-state index contributed by atoms with van der Waals surface area (Å²) < 4.78 is 36.9. The lowest BCUT2D eigenvalue weighted by molar-refractivity contribution is 0.377. The van der Waals surface area contributed by atoms with Crippen LogP contribution in [-0.4, -0.2) is 32.2 Å². The molecule has 9 heteroatoms. The van der Waals surface area contributed by atoms with Crippen LogP contribution in [-0.2, 0) is 16.4 Å². The normalized spacial score (nSPS) is 11.5. The molecule has 1 aromatic carbocycles. The number of nitrogens with one attached hydrogen (secondary N) is 1. The third kappa shape index (κ3) is 3.50. The summed E-state index contributed by atoms with van der Waals surface area (Å²) >= 11 is 0. The lowest BCUT2D eigenvalue weighted by Crippen LogP contribution is -2.26. The van der Waals surface area contributed by atoms with E-state index < -0.39 is 10.0 Å². The van der Waals surface area contributed by atoms with E-state index in [2.05, 4.69) is 14.9 Å². The second-order valence-electron chi connectivity index (χ2n) is 4.34. The van der Waals surface area contributed by atoms with Gasteiger partial charge >= 0.3 is 0 Å². The van der Waals surface area contributed by atoms with Crippen molar-refractivity contribution in [3.8, 4) is 5.75 Å². The van der Waals surface area contributed by atoms with Crippen LogP contribution in [0.15, 0.2) is 27.9 Å². The number of nitrogens with two attached hydrogens (primary N) is 1. The molecular weight excluding hydrogens is 296 g/mol. The van der Waals surface area contributed by atoms with Gasteiger partial charge in [-0.05, 0) is 24.6 Å². The molecule has 0 fully saturated rings. The van der Waals surface area contributed by atoms with E-state index in [4.69, 9.17) is 15.0 Å². The van der Waals surface area contributed by atoms with Crippen LogP contribution >= 0.6 is 0 Å². The summed E-state index contributed by atoms with van der Waals surface area (Å²) in [5, 5.41) is 3.44. The first-order chi connectivity index (χ1) is 9.94. The minimum absolute atomic E-state index is 0.00127. The smallest absolute Gasteiger partial charge is 0.244 e. The lowest BCUT2D eigenvalue weighted by Gasteiger charge is -2.12. The van der Waals surface area contributed by atoms with Crippen molar-refractivity contribution in [2.75, 3.05) is 19.4 Å². The molecule has 1 aromatic heterocycles. The molecule has 0 saturated carbocycles. The number of hydrogen-bond acceptors (Lipinski definition) is 7. The number of aryl methyl sites for hydroxylation is 1. The Balaban J connectivity index is 2.17. The molecule has 114 valence electrons. The average molecular weight is 312 g/mol. The van der Waals surface area contributed by atoms with Crippen LogP contribution < -0.4 is 15.2 Å². The van der Waals surface area contributed by atoms with E-state index in [0.717, 1.165) is 5.56 Å². The van der Waals surface area contributed by atoms with Gasteiger partial charge in [-0.2, -0.15) is 4.98 Å². The Hall–Kier alpha value is -2.13. The number of hydrogen-bond donors (Lipinski definition) is 2.